The minimum absolute atomic E-state index is 0.361. The highest BCUT2D eigenvalue weighted by molar-refractivity contribution is 7.14. The van der Waals surface area contributed by atoms with Gasteiger partial charge in [0, 0.05) is 5.92 Å². The summed E-state index contributed by atoms with van der Waals surface area (Å²) >= 11 is 1.24. The van der Waals surface area contributed by atoms with Crippen LogP contribution in [-0.4, -0.2) is 11.1 Å². The molecule has 1 aliphatic rings. The summed E-state index contributed by atoms with van der Waals surface area (Å²) in [7, 11) is 0. The second kappa shape index (κ2) is 3.23. The highest BCUT2D eigenvalue weighted by Gasteiger charge is 2.17. The SMILES string of the molecule is O=C(O)c1ccc(C#CC2CC2)s1. The molecule has 0 atom stereocenters. The summed E-state index contributed by atoms with van der Waals surface area (Å²) < 4.78 is 0. The van der Waals surface area contributed by atoms with Crippen molar-refractivity contribution < 1.29 is 9.90 Å². The molecule has 1 heterocycles. The normalized spacial score (nSPS) is 14.8. The second-order valence-electron chi connectivity index (χ2n) is 3.01. The molecular weight excluding hydrogens is 184 g/mol. The monoisotopic (exact) mass is 192 g/mol. The Morgan fingerprint density at radius 3 is 2.85 bits per heavy atom. The maximum atomic E-state index is 10.5. The van der Waals surface area contributed by atoms with Crippen LogP contribution in [0.4, 0.5) is 0 Å². The fourth-order valence-corrected chi connectivity index (χ4v) is 1.63. The molecular formula is C10H8O2S. The van der Waals surface area contributed by atoms with E-state index in [1.165, 1.54) is 24.2 Å². The van der Waals surface area contributed by atoms with E-state index in [1.807, 2.05) is 0 Å². The molecule has 2 rings (SSSR count). The van der Waals surface area contributed by atoms with E-state index < -0.39 is 5.97 Å². The first-order valence-corrected chi connectivity index (χ1v) is 4.92. The van der Waals surface area contributed by atoms with Crippen molar-refractivity contribution in [3.63, 3.8) is 0 Å². The maximum Gasteiger partial charge on any atom is 0.345 e. The molecule has 1 aromatic rings. The van der Waals surface area contributed by atoms with Crippen LogP contribution in [0.25, 0.3) is 0 Å². The number of carboxylic acids is 1. The van der Waals surface area contributed by atoms with E-state index in [0.29, 0.717) is 10.8 Å². The predicted octanol–water partition coefficient (Wildman–Crippen LogP) is 2.21. The van der Waals surface area contributed by atoms with Gasteiger partial charge in [-0.1, -0.05) is 11.8 Å². The van der Waals surface area contributed by atoms with Crippen molar-refractivity contribution >= 4 is 17.3 Å². The van der Waals surface area contributed by atoms with E-state index in [0.717, 1.165) is 4.88 Å². The summed E-state index contributed by atoms with van der Waals surface area (Å²) in [4.78, 5) is 11.7. The van der Waals surface area contributed by atoms with Gasteiger partial charge in [-0.2, -0.15) is 0 Å². The van der Waals surface area contributed by atoms with Crippen molar-refractivity contribution in [2.75, 3.05) is 0 Å². The maximum absolute atomic E-state index is 10.5. The van der Waals surface area contributed by atoms with Crippen LogP contribution in [0.3, 0.4) is 0 Å². The summed E-state index contributed by atoms with van der Waals surface area (Å²) in [5.74, 6) is 5.77. The Morgan fingerprint density at radius 1 is 1.54 bits per heavy atom. The third-order valence-electron chi connectivity index (χ3n) is 1.79. The van der Waals surface area contributed by atoms with E-state index in [4.69, 9.17) is 5.11 Å². The summed E-state index contributed by atoms with van der Waals surface area (Å²) in [6, 6.07) is 3.37. The van der Waals surface area contributed by atoms with Crippen LogP contribution in [0.15, 0.2) is 12.1 Å². The standard InChI is InChI=1S/C10H8O2S/c11-10(12)9-6-5-8(13-9)4-3-7-1-2-7/h5-7H,1-2H2,(H,11,12). The van der Waals surface area contributed by atoms with Crippen molar-refractivity contribution in [1.82, 2.24) is 0 Å². The summed E-state index contributed by atoms with van der Waals surface area (Å²) in [5, 5.41) is 8.65. The van der Waals surface area contributed by atoms with Crippen molar-refractivity contribution in [3.8, 4) is 11.8 Å². The Morgan fingerprint density at radius 2 is 2.31 bits per heavy atom. The van der Waals surface area contributed by atoms with Crippen molar-refractivity contribution in [3.05, 3.63) is 21.9 Å². The smallest absolute Gasteiger partial charge is 0.345 e. The zero-order valence-corrected chi connectivity index (χ0v) is 7.73. The molecule has 0 amide bonds. The molecule has 0 unspecified atom stereocenters. The second-order valence-corrected chi connectivity index (χ2v) is 4.10. The Kier molecular flexibility index (Phi) is 2.07. The Bertz CT molecular complexity index is 391. The topological polar surface area (TPSA) is 37.3 Å². The molecule has 66 valence electrons. The average Bonchev–Trinajstić information content (AvgIpc) is 2.79. The van der Waals surface area contributed by atoms with Crippen LogP contribution in [-0.2, 0) is 0 Å². The molecule has 1 N–H and O–H groups in total. The Labute approximate surface area is 80.2 Å². The van der Waals surface area contributed by atoms with Gasteiger partial charge in [-0.25, -0.2) is 4.79 Å². The van der Waals surface area contributed by atoms with Gasteiger partial charge in [0.2, 0.25) is 0 Å². The highest BCUT2D eigenvalue weighted by Crippen LogP contribution is 2.28. The number of aromatic carboxylic acids is 1. The summed E-state index contributed by atoms with van der Waals surface area (Å²) in [6.45, 7) is 0. The molecule has 1 fully saturated rings. The van der Waals surface area contributed by atoms with Gasteiger partial charge in [-0.05, 0) is 25.0 Å². The number of carbonyl (C=O) groups is 1. The van der Waals surface area contributed by atoms with Crippen LogP contribution in [0.2, 0.25) is 0 Å². The summed E-state index contributed by atoms with van der Waals surface area (Å²) in [6.07, 6.45) is 2.40. The van der Waals surface area contributed by atoms with Gasteiger partial charge in [0.25, 0.3) is 0 Å². The minimum Gasteiger partial charge on any atom is -0.477 e. The number of hydrogen-bond acceptors (Lipinski definition) is 2. The molecule has 0 aromatic carbocycles. The lowest BCUT2D eigenvalue weighted by Crippen LogP contribution is -1.89. The zero-order valence-electron chi connectivity index (χ0n) is 6.91. The molecule has 0 spiro atoms. The number of rotatable bonds is 1. The fraction of sp³-hybridized carbons (Fsp3) is 0.300. The van der Waals surface area contributed by atoms with Gasteiger partial charge in [0.1, 0.15) is 4.88 Å². The molecule has 3 heteroatoms. The van der Waals surface area contributed by atoms with Crippen molar-refractivity contribution in [2.24, 2.45) is 5.92 Å². The van der Waals surface area contributed by atoms with Crippen molar-refractivity contribution in [1.29, 1.82) is 0 Å². The molecule has 1 aromatic heterocycles. The van der Waals surface area contributed by atoms with Gasteiger partial charge in [-0.15, -0.1) is 11.3 Å². The van der Waals surface area contributed by atoms with E-state index in [-0.39, 0.29) is 0 Å². The first-order chi connectivity index (χ1) is 6.25. The van der Waals surface area contributed by atoms with E-state index in [1.54, 1.807) is 12.1 Å². The zero-order chi connectivity index (χ0) is 9.26. The molecule has 2 nitrogen and oxygen atoms in total. The van der Waals surface area contributed by atoms with Crippen LogP contribution in [0.1, 0.15) is 27.4 Å². The van der Waals surface area contributed by atoms with E-state index in [9.17, 15) is 4.79 Å². The molecule has 0 saturated heterocycles. The van der Waals surface area contributed by atoms with Crippen molar-refractivity contribution in [2.45, 2.75) is 12.8 Å². The molecule has 1 aliphatic carbocycles. The Balaban J connectivity index is 2.13. The Hall–Kier alpha value is -1.27. The third-order valence-corrected chi connectivity index (χ3v) is 2.78. The highest BCUT2D eigenvalue weighted by atomic mass is 32.1. The van der Waals surface area contributed by atoms with E-state index in [2.05, 4.69) is 11.8 Å². The molecule has 13 heavy (non-hydrogen) atoms. The van der Waals surface area contributed by atoms with Gasteiger partial charge in [0.05, 0.1) is 4.88 Å². The first kappa shape index (κ1) is 8.33. The van der Waals surface area contributed by atoms with Gasteiger partial charge >= 0.3 is 5.97 Å². The molecule has 0 aliphatic heterocycles. The number of carboxylic acid groups (broad SMARTS) is 1. The van der Waals surface area contributed by atoms with Crippen LogP contribution < -0.4 is 0 Å². The summed E-state index contributed by atoms with van der Waals surface area (Å²) in [5.41, 5.74) is 0. The molecule has 1 saturated carbocycles. The van der Waals surface area contributed by atoms with Crippen LogP contribution in [0, 0.1) is 17.8 Å². The average molecular weight is 192 g/mol. The fourth-order valence-electron chi connectivity index (χ4n) is 0.921. The lowest BCUT2D eigenvalue weighted by Gasteiger charge is -1.80. The number of hydrogen-bond donors (Lipinski definition) is 1. The quantitative estimate of drug-likeness (QED) is 0.692. The molecule has 0 radical (unpaired) electrons. The minimum atomic E-state index is -0.871. The number of thiophene rings is 1. The van der Waals surface area contributed by atoms with Gasteiger partial charge < -0.3 is 5.11 Å². The molecule has 0 bridgehead atoms. The van der Waals surface area contributed by atoms with Crippen LogP contribution >= 0.6 is 11.3 Å². The van der Waals surface area contributed by atoms with Gasteiger partial charge in [0.15, 0.2) is 0 Å². The van der Waals surface area contributed by atoms with E-state index >= 15 is 0 Å². The lowest BCUT2D eigenvalue weighted by molar-refractivity contribution is 0.0702. The largest absolute Gasteiger partial charge is 0.477 e. The third kappa shape index (κ3) is 2.10. The van der Waals surface area contributed by atoms with Gasteiger partial charge in [-0.3, -0.25) is 0 Å². The van der Waals surface area contributed by atoms with Crippen LogP contribution in [0.5, 0.6) is 0 Å². The lowest BCUT2D eigenvalue weighted by atomic mass is 10.4. The predicted molar refractivity (Wildman–Crippen MR) is 50.9 cm³/mol. The first-order valence-electron chi connectivity index (χ1n) is 4.10.